The van der Waals surface area contributed by atoms with E-state index in [1.54, 1.807) is 53.9 Å². The summed E-state index contributed by atoms with van der Waals surface area (Å²) in [6.07, 6.45) is 0. The van der Waals surface area contributed by atoms with Crippen LogP contribution in [0.5, 0.6) is 0 Å². The second-order valence-corrected chi connectivity index (χ2v) is 6.89. The number of hydrogen-bond donors (Lipinski definition) is 1. The highest BCUT2D eigenvalue weighted by Crippen LogP contribution is 2.38. The van der Waals surface area contributed by atoms with Crippen molar-refractivity contribution in [3.63, 3.8) is 0 Å². The lowest BCUT2D eigenvalue weighted by Gasteiger charge is -2.24. The van der Waals surface area contributed by atoms with Gasteiger partial charge in [-0.05, 0) is 48.9 Å². The molecule has 0 spiro atoms. The summed E-state index contributed by atoms with van der Waals surface area (Å²) in [5, 5.41) is 2.61. The van der Waals surface area contributed by atoms with Crippen molar-refractivity contribution in [2.75, 3.05) is 24.2 Å². The topological polar surface area (TPSA) is 58.6 Å². The van der Waals surface area contributed by atoms with Gasteiger partial charge >= 0.3 is 12.0 Å². The molecule has 0 bridgehead atoms. The molecule has 1 N–H and O–H groups in total. The highest BCUT2D eigenvalue weighted by Gasteiger charge is 2.30. The number of rotatable bonds is 4. The summed E-state index contributed by atoms with van der Waals surface area (Å²) in [6.45, 7) is 2.64. The average molecular weight is 374 g/mol. The van der Waals surface area contributed by atoms with Gasteiger partial charge in [0.05, 0.1) is 12.2 Å². The van der Waals surface area contributed by atoms with Gasteiger partial charge in [-0.1, -0.05) is 12.1 Å². The minimum atomic E-state index is -0.396. The molecule has 0 radical (unpaired) electrons. The fourth-order valence-electron chi connectivity index (χ4n) is 2.71. The number of benzene rings is 2. The number of hydrogen-bond acceptors (Lipinski definition) is 4. The van der Waals surface area contributed by atoms with E-state index >= 15 is 0 Å². The van der Waals surface area contributed by atoms with Gasteiger partial charge < -0.3 is 15.0 Å². The van der Waals surface area contributed by atoms with Gasteiger partial charge in [0.15, 0.2) is 0 Å². The second-order valence-electron chi connectivity index (χ2n) is 5.70. The zero-order chi connectivity index (χ0) is 18.5. The van der Waals surface area contributed by atoms with Gasteiger partial charge in [0.25, 0.3) is 0 Å². The lowest BCUT2D eigenvalue weighted by molar-refractivity contribution is 0.0526. The van der Waals surface area contributed by atoms with Crippen molar-refractivity contribution in [3.05, 3.63) is 65.5 Å². The van der Waals surface area contributed by atoms with E-state index in [1.807, 2.05) is 6.07 Å². The monoisotopic (exact) mass is 374 g/mol. The van der Waals surface area contributed by atoms with E-state index in [0.717, 1.165) is 11.3 Å². The van der Waals surface area contributed by atoms with Crippen molar-refractivity contribution in [2.24, 2.45) is 0 Å². The summed E-state index contributed by atoms with van der Waals surface area (Å²) < 4.78 is 18.4. The molecule has 136 valence electrons. The molecule has 0 aliphatic carbocycles. The van der Waals surface area contributed by atoms with Crippen molar-refractivity contribution in [1.29, 1.82) is 0 Å². The predicted molar refractivity (Wildman–Crippen MR) is 99.7 cm³/mol. The Balaban J connectivity index is 1.68. The molecule has 3 rings (SSSR count). The van der Waals surface area contributed by atoms with Crippen LogP contribution in [-0.2, 0) is 4.74 Å². The highest BCUT2D eigenvalue weighted by molar-refractivity contribution is 7.99. The summed E-state index contributed by atoms with van der Waals surface area (Å²) in [7, 11) is 0. The molecular weight excluding hydrogens is 355 g/mol. The zero-order valence-electron chi connectivity index (χ0n) is 14.3. The van der Waals surface area contributed by atoms with Crippen LogP contribution >= 0.6 is 11.8 Å². The summed E-state index contributed by atoms with van der Waals surface area (Å²) >= 11 is 1.60. The number of esters is 1. The third-order valence-electron chi connectivity index (χ3n) is 3.93. The summed E-state index contributed by atoms with van der Waals surface area (Å²) in [6, 6.07) is 12.6. The smallest absolute Gasteiger partial charge is 0.338 e. The van der Waals surface area contributed by atoms with E-state index in [2.05, 4.69) is 5.32 Å². The third-order valence-corrected chi connectivity index (χ3v) is 5.19. The summed E-state index contributed by atoms with van der Waals surface area (Å²) in [4.78, 5) is 26.0. The Kier molecular flexibility index (Phi) is 5.78. The molecule has 1 atom stereocenters. The van der Waals surface area contributed by atoms with E-state index in [-0.39, 0.29) is 17.2 Å². The predicted octanol–water partition coefficient (Wildman–Crippen LogP) is 4.28. The van der Waals surface area contributed by atoms with E-state index < -0.39 is 5.97 Å². The first-order chi connectivity index (χ1) is 12.6. The maximum atomic E-state index is 13.5. The van der Waals surface area contributed by atoms with Crippen LogP contribution < -0.4 is 5.32 Å². The van der Waals surface area contributed by atoms with E-state index in [0.29, 0.717) is 24.4 Å². The molecule has 2 aromatic carbocycles. The molecule has 2 aromatic rings. The number of nitrogens with zero attached hydrogens (tertiary/aromatic N) is 1. The lowest BCUT2D eigenvalue weighted by atomic mass is 10.2. The van der Waals surface area contributed by atoms with Gasteiger partial charge in [-0.25, -0.2) is 14.0 Å². The average Bonchev–Trinajstić information content (AvgIpc) is 3.12. The van der Waals surface area contributed by atoms with Crippen molar-refractivity contribution in [2.45, 2.75) is 12.3 Å². The standard InChI is InChI=1S/C19H19FN2O3S/c1-2-25-18(23)13-6-8-16(9-7-13)21-19(24)22-10-11-26-17(22)14-4-3-5-15(20)12-14/h3-9,12,17H,2,10-11H2,1H3,(H,21,24). The maximum Gasteiger partial charge on any atom is 0.338 e. The largest absolute Gasteiger partial charge is 0.462 e. The number of carbonyl (C=O) groups is 2. The number of urea groups is 1. The Morgan fingerprint density at radius 3 is 2.73 bits per heavy atom. The van der Waals surface area contributed by atoms with Gasteiger partial charge in [-0.2, -0.15) is 0 Å². The molecule has 0 saturated carbocycles. The highest BCUT2D eigenvalue weighted by atomic mass is 32.2. The molecule has 1 aliphatic heterocycles. The third kappa shape index (κ3) is 4.16. The quantitative estimate of drug-likeness (QED) is 0.812. The molecule has 1 fully saturated rings. The van der Waals surface area contributed by atoms with Crippen molar-refractivity contribution in [1.82, 2.24) is 4.90 Å². The SMILES string of the molecule is CCOC(=O)c1ccc(NC(=O)N2CCSC2c2cccc(F)c2)cc1. The minimum Gasteiger partial charge on any atom is -0.462 e. The fourth-order valence-corrected chi connectivity index (χ4v) is 3.96. The second kappa shape index (κ2) is 8.23. The van der Waals surface area contributed by atoms with E-state index in [4.69, 9.17) is 4.74 Å². The molecule has 1 heterocycles. The van der Waals surface area contributed by atoms with Gasteiger partial charge in [0.2, 0.25) is 0 Å². The Morgan fingerprint density at radius 2 is 2.04 bits per heavy atom. The Morgan fingerprint density at radius 1 is 1.27 bits per heavy atom. The first-order valence-corrected chi connectivity index (χ1v) is 9.35. The number of carbonyl (C=O) groups excluding carboxylic acids is 2. The van der Waals surface area contributed by atoms with Crippen LogP contribution in [0, 0.1) is 5.82 Å². The Labute approximate surface area is 155 Å². The molecule has 0 aromatic heterocycles. The van der Waals surface area contributed by atoms with Crippen LogP contribution in [0.15, 0.2) is 48.5 Å². The number of thioether (sulfide) groups is 1. The van der Waals surface area contributed by atoms with Crippen LogP contribution in [0.4, 0.5) is 14.9 Å². The summed E-state index contributed by atoms with van der Waals surface area (Å²) in [5.74, 6) is 0.0774. The number of anilines is 1. The van der Waals surface area contributed by atoms with Crippen molar-refractivity contribution < 1.29 is 18.7 Å². The fraction of sp³-hybridized carbons (Fsp3) is 0.263. The van der Waals surface area contributed by atoms with Crippen molar-refractivity contribution >= 4 is 29.4 Å². The molecule has 5 nitrogen and oxygen atoms in total. The molecule has 7 heteroatoms. The number of amides is 2. The molecular formula is C19H19FN2O3S. The number of nitrogens with one attached hydrogen (secondary N) is 1. The first kappa shape index (κ1) is 18.3. The maximum absolute atomic E-state index is 13.5. The molecule has 2 amide bonds. The van der Waals surface area contributed by atoms with E-state index in [1.165, 1.54) is 12.1 Å². The first-order valence-electron chi connectivity index (χ1n) is 8.30. The van der Waals surface area contributed by atoms with Gasteiger partial charge in [-0.15, -0.1) is 11.8 Å². The zero-order valence-corrected chi connectivity index (χ0v) is 15.1. The van der Waals surface area contributed by atoms with Crippen molar-refractivity contribution in [3.8, 4) is 0 Å². The van der Waals surface area contributed by atoms with Gasteiger partial charge in [0, 0.05) is 18.0 Å². The number of ether oxygens (including phenoxy) is 1. The van der Waals surface area contributed by atoms with Crippen LogP contribution in [0.1, 0.15) is 28.2 Å². The van der Waals surface area contributed by atoms with Crippen LogP contribution in [0.3, 0.4) is 0 Å². The van der Waals surface area contributed by atoms with Gasteiger partial charge in [0.1, 0.15) is 11.2 Å². The summed E-state index contributed by atoms with van der Waals surface area (Å²) in [5.41, 5.74) is 1.78. The Hall–Kier alpha value is -2.54. The molecule has 26 heavy (non-hydrogen) atoms. The number of halogens is 1. The van der Waals surface area contributed by atoms with Crippen LogP contribution in [0.2, 0.25) is 0 Å². The molecule has 1 saturated heterocycles. The Bertz CT molecular complexity index is 798. The molecule has 1 aliphatic rings. The molecule has 1 unspecified atom stereocenters. The van der Waals surface area contributed by atoms with Crippen LogP contribution in [-0.4, -0.2) is 35.8 Å². The van der Waals surface area contributed by atoms with E-state index in [9.17, 15) is 14.0 Å². The lowest BCUT2D eigenvalue weighted by Crippen LogP contribution is -2.34. The van der Waals surface area contributed by atoms with Crippen LogP contribution in [0.25, 0.3) is 0 Å². The minimum absolute atomic E-state index is 0.218. The van der Waals surface area contributed by atoms with Gasteiger partial charge in [-0.3, -0.25) is 0 Å². The normalized spacial score (nSPS) is 16.4.